The van der Waals surface area contributed by atoms with Crippen LogP contribution in [-0.2, 0) is 16.6 Å². The van der Waals surface area contributed by atoms with Crippen LogP contribution in [0.3, 0.4) is 0 Å². The molecule has 0 radical (unpaired) electrons. The van der Waals surface area contributed by atoms with Crippen LogP contribution >= 0.6 is 11.6 Å². The molecular weight excluding hydrogens is 566 g/mol. The molecule has 10 nitrogen and oxygen atoms in total. The Kier molecular flexibility index (Phi) is 8.31. The summed E-state index contributed by atoms with van der Waals surface area (Å²) in [6, 6.07) is 22.6. The number of hydrogen-bond acceptors (Lipinski definition) is 8. The summed E-state index contributed by atoms with van der Waals surface area (Å²) in [5.41, 5.74) is 2.56. The van der Waals surface area contributed by atoms with E-state index in [1.165, 1.54) is 12.1 Å². The Morgan fingerprint density at radius 2 is 1.80 bits per heavy atom. The maximum atomic E-state index is 13.9. The lowest BCUT2D eigenvalue weighted by atomic mass is 10.1. The summed E-state index contributed by atoms with van der Waals surface area (Å²) in [6.45, 7) is -0.139. The number of halogens is 1. The Morgan fingerprint density at radius 3 is 2.54 bits per heavy atom. The summed E-state index contributed by atoms with van der Waals surface area (Å²) in [5, 5.41) is 13.0. The summed E-state index contributed by atoms with van der Waals surface area (Å²) >= 11 is 6.54. The molecule has 41 heavy (non-hydrogen) atoms. The van der Waals surface area contributed by atoms with E-state index in [0.717, 1.165) is 5.56 Å². The summed E-state index contributed by atoms with van der Waals surface area (Å²) in [4.78, 5) is 22.8. The van der Waals surface area contributed by atoms with Crippen LogP contribution in [0.25, 0.3) is 22.2 Å². The number of aromatic nitrogens is 3. The van der Waals surface area contributed by atoms with Gasteiger partial charge in [-0.1, -0.05) is 41.9 Å². The number of aliphatic hydroxyl groups is 1. The fourth-order valence-electron chi connectivity index (χ4n) is 4.30. The zero-order chi connectivity index (χ0) is 29.0. The summed E-state index contributed by atoms with van der Waals surface area (Å²) in [5.74, 6) is 0.842. The monoisotopic (exact) mass is 591 g/mol. The first-order valence-electron chi connectivity index (χ1n) is 12.5. The molecule has 3 N–H and O–H groups in total. The molecule has 0 bridgehead atoms. The van der Waals surface area contributed by atoms with Gasteiger partial charge in [-0.2, -0.15) is 0 Å². The smallest absolute Gasteiger partial charge is 0.278 e. The summed E-state index contributed by atoms with van der Waals surface area (Å²) in [7, 11) is -2.16. The molecule has 5 rings (SSSR count). The molecule has 2 aromatic heterocycles. The second kappa shape index (κ2) is 12.1. The standard InChI is InChI=1S/C29H26ClN5O5S/c1-40-22-6-4-5-19(15-22)18-35-26(24-7-2-3-8-25(24)30)16-20-17-31-29(34-27(20)28(35)37)33-21-9-11-23(12-10-21)41(38,39)32-13-14-36/h2-12,15-17,32,36H,13-14,18H2,1H3,(H,31,33,34). The van der Waals surface area contributed by atoms with Crippen LogP contribution in [0.4, 0.5) is 11.6 Å². The van der Waals surface area contributed by atoms with Gasteiger partial charge in [0.1, 0.15) is 11.3 Å². The lowest BCUT2D eigenvalue weighted by Crippen LogP contribution is -2.26. The number of ether oxygens (including phenoxy) is 1. The lowest BCUT2D eigenvalue weighted by Gasteiger charge is -2.16. The number of anilines is 2. The Labute approximate surface area is 241 Å². The first-order chi connectivity index (χ1) is 19.8. The highest BCUT2D eigenvalue weighted by atomic mass is 35.5. The van der Waals surface area contributed by atoms with E-state index >= 15 is 0 Å². The molecule has 0 fully saturated rings. The topological polar surface area (TPSA) is 135 Å². The summed E-state index contributed by atoms with van der Waals surface area (Å²) in [6.07, 6.45) is 1.56. The number of methoxy groups -OCH3 is 1. The minimum atomic E-state index is -3.74. The molecule has 0 aliphatic carbocycles. The van der Waals surface area contributed by atoms with E-state index in [1.54, 1.807) is 36.1 Å². The highest BCUT2D eigenvalue weighted by Gasteiger charge is 2.17. The average Bonchev–Trinajstić information content (AvgIpc) is 2.98. The number of nitrogens with zero attached hydrogens (tertiary/aromatic N) is 3. The van der Waals surface area contributed by atoms with E-state index in [4.69, 9.17) is 21.4 Å². The van der Waals surface area contributed by atoms with Crippen molar-refractivity contribution in [3.63, 3.8) is 0 Å². The van der Waals surface area contributed by atoms with Crippen molar-refractivity contribution < 1.29 is 18.3 Å². The van der Waals surface area contributed by atoms with E-state index in [2.05, 4.69) is 20.0 Å². The first kappa shape index (κ1) is 28.2. The third-order valence-electron chi connectivity index (χ3n) is 6.30. The molecule has 0 saturated heterocycles. The Hall–Kier alpha value is -4.29. The van der Waals surface area contributed by atoms with Crippen molar-refractivity contribution in [2.45, 2.75) is 11.4 Å². The van der Waals surface area contributed by atoms with Crippen molar-refractivity contribution in [2.75, 3.05) is 25.6 Å². The van der Waals surface area contributed by atoms with Gasteiger partial charge in [0.25, 0.3) is 5.56 Å². The van der Waals surface area contributed by atoms with Gasteiger partial charge in [-0.05, 0) is 54.1 Å². The zero-order valence-electron chi connectivity index (χ0n) is 21.9. The van der Waals surface area contributed by atoms with Crippen LogP contribution in [0.2, 0.25) is 5.02 Å². The number of hydrogen-bond donors (Lipinski definition) is 3. The number of sulfonamides is 1. The van der Waals surface area contributed by atoms with Gasteiger partial charge in [0.05, 0.1) is 30.9 Å². The van der Waals surface area contributed by atoms with Gasteiger partial charge in [-0.15, -0.1) is 0 Å². The maximum absolute atomic E-state index is 13.9. The lowest BCUT2D eigenvalue weighted by molar-refractivity contribution is 0.301. The highest BCUT2D eigenvalue weighted by molar-refractivity contribution is 7.89. The third-order valence-corrected chi connectivity index (χ3v) is 8.10. The largest absolute Gasteiger partial charge is 0.497 e. The maximum Gasteiger partial charge on any atom is 0.278 e. The second-order valence-corrected chi connectivity index (χ2v) is 11.2. The fraction of sp³-hybridized carbons (Fsp3) is 0.138. The molecule has 3 aromatic carbocycles. The Balaban J connectivity index is 1.54. The van der Waals surface area contributed by atoms with Crippen LogP contribution < -0.4 is 20.3 Å². The number of rotatable bonds is 10. The van der Waals surface area contributed by atoms with Crippen LogP contribution in [0.1, 0.15) is 5.56 Å². The van der Waals surface area contributed by atoms with E-state index in [0.29, 0.717) is 33.1 Å². The van der Waals surface area contributed by atoms with E-state index in [1.807, 2.05) is 48.5 Å². The van der Waals surface area contributed by atoms with Gasteiger partial charge in [0.15, 0.2) is 0 Å². The minimum absolute atomic E-state index is 0.0449. The average molecular weight is 592 g/mol. The van der Waals surface area contributed by atoms with Gasteiger partial charge < -0.3 is 19.7 Å². The molecule has 12 heteroatoms. The van der Waals surface area contributed by atoms with Gasteiger partial charge in [0.2, 0.25) is 16.0 Å². The van der Waals surface area contributed by atoms with Crippen LogP contribution in [0, 0.1) is 0 Å². The van der Waals surface area contributed by atoms with Crippen molar-refractivity contribution in [2.24, 2.45) is 0 Å². The van der Waals surface area contributed by atoms with Crippen molar-refractivity contribution in [1.29, 1.82) is 0 Å². The van der Waals surface area contributed by atoms with Gasteiger partial charge in [-0.25, -0.2) is 23.1 Å². The Morgan fingerprint density at radius 1 is 1.02 bits per heavy atom. The van der Waals surface area contributed by atoms with Gasteiger partial charge in [0, 0.05) is 34.4 Å². The molecule has 5 aromatic rings. The SMILES string of the molecule is COc1cccc(Cn2c(-c3ccccc3Cl)cc3cnc(Nc4ccc(S(=O)(=O)NCCO)cc4)nc3c2=O)c1. The molecule has 210 valence electrons. The van der Waals surface area contributed by atoms with Crippen LogP contribution in [0.15, 0.2) is 94.7 Å². The zero-order valence-corrected chi connectivity index (χ0v) is 23.5. The molecule has 0 unspecified atom stereocenters. The molecule has 0 atom stereocenters. The molecule has 0 aliphatic rings. The number of aliphatic hydroxyl groups excluding tert-OH is 1. The first-order valence-corrected chi connectivity index (χ1v) is 14.4. The van der Waals surface area contributed by atoms with Crippen LogP contribution in [0.5, 0.6) is 5.75 Å². The Bertz CT molecular complexity index is 1880. The van der Waals surface area contributed by atoms with E-state index in [-0.39, 0.29) is 41.6 Å². The molecule has 0 spiro atoms. The second-order valence-electron chi connectivity index (χ2n) is 9.02. The molecule has 0 aliphatic heterocycles. The van der Waals surface area contributed by atoms with Crippen molar-refractivity contribution in [1.82, 2.24) is 19.3 Å². The van der Waals surface area contributed by atoms with Crippen molar-refractivity contribution >= 4 is 44.2 Å². The van der Waals surface area contributed by atoms with Gasteiger partial charge in [-0.3, -0.25) is 4.79 Å². The fourth-order valence-corrected chi connectivity index (χ4v) is 5.56. The highest BCUT2D eigenvalue weighted by Crippen LogP contribution is 2.29. The number of pyridine rings is 1. The minimum Gasteiger partial charge on any atom is -0.497 e. The van der Waals surface area contributed by atoms with E-state index < -0.39 is 10.0 Å². The normalized spacial score (nSPS) is 11.5. The van der Waals surface area contributed by atoms with Crippen molar-refractivity contribution in [3.05, 3.63) is 106 Å². The molecule has 0 amide bonds. The van der Waals surface area contributed by atoms with Gasteiger partial charge >= 0.3 is 0 Å². The van der Waals surface area contributed by atoms with Crippen LogP contribution in [-0.4, -0.2) is 48.3 Å². The quantitative estimate of drug-likeness (QED) is 0.220. The predicted molar refractivity (Wildman–Crippen MR) is 158 cm³/mol. The molecule has 2 heterocycles. The predicted octanol–water partition coefficient (Wildman–Crippen LogP) is 4.18. The number of fused-ring (bicyclic) bond motifs is 1. The van der Waals surface area contributed by atoms with Crippen molar-refractivity contribution in [3.8, 4) is 17.0 Å². The molecule has 0 saturated carbocycles. The molecular formula is C29H26ClN5O5S. The van der Waals surface area contributed by atoms with E-state index in [9.17, 15) is 13.2 Å². The summed E-state index contributed by atoms with van der Waals surface area (Å²) < 4.78 is 33.8. The number of benzene rings is 3. The third kappa shape index (κ3) is 6.23. The number of nitrogens with one attached hydrogen (secondary N) is 2.